The number of aromatic nitrogens is 1. The molecule has 1 unspecified atom stereocenters. The number of ether oxygens (including phenoxy) is 2. The highest BCUT2D eigenvalue weighted by molar-refractivity contribution is 6.00. The topological polar surface area (TPSA) is 68.4 Å². The lowest BCUT2D eigenvalue weighted by atomic mass is 9.78. The maximum Gasteiger partial charge on any atom is 0.321 e. The predicted molar refractivity (Wildman–Crippen MR) is 173 cm³/mol. The van der Waals surface area contributed by atoms with Gasteiger partial charge in [0.05, 0.1) is 5.69 Å². The van der Waals surface area contributed by atoms with Gasteiger partial charge in [0.25, 0.3) is 0 Å². The number of aromatic amines is 1. The lowest BCUT2D eigenvalue weighted by Crippen LogP contribution is -2.34. The molecule has 0 aliphatic heterocycles. The van der Waals surface area contributed by atoms with E-state index in [2.05, 4.69) is 29.2 Å². The summed E-state index contributed by atoms with van der Waals surface area (Å²) in [4.78, 5) is 31.9. The van der Waals surface area contributed by atoms with Crippen molar-refractivity contribution < 1.29 is 19.1 Å². The molecule has 6 rings (SSSR count). The summed E-state index contributed by atoms with van der Waals surface area (Å²) in [6.07, 6.45) is 0. The molecular weight excluding hydrogens is 546 g/mol. The molecule has 0 amide bonds. The SMILES string of the molecule is Cc1ccc(-c2[nH]c3ccccc3c2C(c2ccccc2)C(C(=O)OCc2ccccc2)C(=O)OCc2ccccc2)cc1. The first-order valence-corrected chi connectivity index (χ1v) is 14.7. The van der Waals surface area contributed by atoms with Crippen LogP contribution in [0.25, 0.3) is 22.2 Å². The molecule has 5 nitrogen and oxygen atoms in total. The zero-order chi connectivity index (χ0) is 30.3. The first kappa shape index (κ1) is 28.7. The molecule has 5 heteroatoms. The van der Waals surface area contributed by atoms with E-state index in [0.29, 0.717) is 0 Å². The van der Waals surface area contributed by atoms with Gasteiger partial charge in [-0.1, -0.05) is 139 Å². The Balaban J connectivity index is 1.50. The third-order valence-electron chi connectivity index (χ3n) is 7.85. The van der Waals surface area contributed by atoms with Crippen molar-refractivity contribution in [2.24, 2.45) is 5.92 Å². The number of aryl methyl sites for hydroxylation is 1. The Morgan fingerprint density at radius 3 is 1.68 bits per heavy atom. The fraction of sp³-hybridized carbons (Fsp3) is 0.128. The number of hydrogen-bond acceptors (Lipinski definition) is 4. The Bertz CT molecular complexity index is 1790. The minimum absolute atomic E-state index is 0.0440. The van der Waals surface area contributed by atoms with E-state index < -0.39 is 23.8 Å². The van der Waals surface area contributed by atoms with E-state index in [-0.39, 0.29) is 13.2 Å². The highest BCUT2D eigenvalue weighted by Gasteiger charge is 2.42. The summed E-state index contributed by atoms with van der Waals surface area (Å²) in [5.74, 6) is -3.25. The molecule has 1 atom stereocenters. The van der Waals surface area contributed by atoms with Gasteiger partial charge in [-0.3, -0.25) is 9.59 Å². The second-order valence-electron chi connectivity index (χ2n) is 10.9. The van der Waals surface area contributed by atoms with E-state index in [0.717, 1.165) is 50.0 Å². The Morgan fingerprint density at radius 2 is 1.11 bits per heavy atom. The van der Waals surface area contributed by atoms with Crippen molar-refractivity contribution in [2.75, 3.05) is 0 Å². The van der Waals surface area contributed by atoms with Gasteiger partial charge in [-0.2, -0.15) is 0 Å². The number of para-hydroxylation sites is 1. The third-order valence-corrected chi connectivity index (χ3v) is 7.85. The summed E-state index contributed by atoms with van der Waals surface area (Å²) in [7, 11) is 0. The van der Waals surface area contributed by atoms with E-state index in [9.17, 15) is 9.59 Å². The van der Waals surface area contributed by atoms with Crippen LogP contribution in [0.5, 0.6) is 0 Å². The van der Waals surface area contributed by atoms with Gasteiger partial charge in [0.2, 0.25) is 0 Å². The lowest BCUT2D eigenvalue weighted by Gasteiger charge is -2.26. The molecule has 5 aromatic carbocycles. The maximum atomic E-state index is 14.2. The fourth-order valence-corrected chi connectivity index (χ4v) is 5.63. The molecule has 6 aromatic rings. The molecule has 0 aliphatic carbocycles. The molecule has 0 aliphatic rings. The Hall–Kier alpha value is -5.42. The number of nitrogens with one attached hydrogen (secondary N) is 1. The number of fused-ring (bicyclic) bond motifs is 1. The van der Waals surface area contributed by atoms with Gasteiger partial charge in [0, 0.05) is 16.8 Å². The van der Waals surface area contributed by atoms with Crippen molar-refractivity contribution in [2.45, 2.75) is 26.1 Å². The normalized spacial score (nSPS) is 11.8. The third kappa shape index (κ3) is 6.32. The van der Waals surface area contributed by atoms with Gasteiger partial charge in [-0.25, -0.2) is 0 Å². The summed E-state index contributed by atoms with van der Waals surface area (Å²) in [5.41, 5.74) is 7.17. The molecule has 0 spiro atoms. The molecule has 0 saturated heterocycles. The summed E-state index contributed by atoms with van der Waals surface area (Å²) in [5, 5.41) is 0.925. The van der Waals surface area contributed by atoms with Gasteiger partial charge < -0.3 is 14.5 Å². The van der Waals surface area contributed by atoms with Crippen LogP contribution in [0.1, 0.15) is 33.7 Å². The van der Waals surface area contributed by atoms with Crippen LogP contribution >= 0.6 is 0 Å². The number of benzene rings is 5. The lowest BCUT2D eigenvalue weighted by molar-refractivity contribution is -0.164. The largest absolute Gasteiger partial charge is 0.460 e. The molecule has 1 heterocycles. The van der Waals surface area contributed by atoms with Crippen molar-refractivity contribution in [3.63, 3.8) is 0 Å². The van der Waals surface area contributed by atoms with E-state index in [4.69, 9.17) is 9.47 Å². The summed E-state index contributed by atoms with van der Waals surface area (Å²) < 4.78 is 11.8. The van der Waals surface area contributed by atoms with Gasteiger partial charge in [-0.15, -0.1) is 0 Å². The molecule has 1 aromatic heterocycles. The highest BCUT2D eigenvalue weighted by atomic mass is 16.6. The van der Waals surface area contributed by atoms with E-state index in [1.807, 2.05) is 122 Å². The molecule has 0 fully saturated rings. The van der Waals surface area contributed by atoms with Crippen molar-refractivity contribution in [3.05, 3.63) is 167 Å². The first-order valence-electron chi connectivity index (χ1n) is 14.7. The van der Waals surface area contributed by atoms with Crippen LogP contribution < -0.4 is 0 Å². The maximum absolute atomic E-state index is 14.2. The van der Waals surface area contributed by atoms with Crippen LogP contribution in [-0.2, 0) is 32.3 Å². The van der Waals surface area contributed by atoms with Crippen LogP contribution in [0.4, 0.5) is 0 Å². The number of H-pyrrole nitrogens is 1. The molecule has 0 saturated carbocycles. The van der Waals surface area contributed by atoms with Crippen molar-refractivity contribution >= 4 is 22.8 Å². The van der Waals surface area contributed by atoms with Crippen LogP contribution in [-0.4, -0.2) is 16.9 Å². The number of carbonyl (C=O) groups excluding carboxylic acids is 2. The smallest absolute Gasteiger partial charge is 0.321 e. The van der Waals surface area contributed by atoms with Crippen molar-refractivity contribution in [3.8, 4) is 11.3 Å². The van der Waals surface area contributed by atoms with E-state index in [1.165, 1.54) is 0 Å². The number of carbonyl (C=O) groups is 2. The molecule has 44 heavy (non-hydrogen) atoms. The van der Waals surface area contributed by atoms with Gasteiger partial charge in [0.15, 0.2) is 5.92 Å². The second kappa shape index (κ2) is 13.3. The number of rotatable bonds is 10. The monoisotopic (exact) mass is 579 g/mol. The first-order chi connectivity index (χ1) is 21.6. The highest BCUT2D eigenvalue weighted by Crippen LogP contribution is 2.43. The molecular formula is C39H33NO4. The summed E-state index contributed by atoms with van der Waals surface area (Å²) in [6, 6.07) is 44.8. The summed E-state index contributed by atoms with van der Waals surface area (Å²) >= 11 is 0. The number of esters is 2. The van der Waals surface area contributed by atoms with Crippen LogP contribution in [0.15, 0.2) is 140 Å². The van der Waals surface area contributed by atoms with E-state index >= 15 is 0 Å². The molecule has 0 radical (unpaired) electrons. The zero-order valence-electron chi connectivity index (χ0n) is 24.5. The van der Waals surface area contributed by atoms with Gasteiger partial charge >= 0.3 is 11.9 Å². The van der Waals surface area contributed by atoms with Crippen LogP contribution in [0.2, 0.25) is 0 Å². The minimum atomic E-state index is -1.27. The quantitative estimate of drug-likeness (QED) is 0.131. The summed E-state index contributed by atoms with van der Waals surface area (Å²) in [6.45, 7) is 2.13. The zero-order valence-corrected chi connectivity index (χ0v) is 24.5. The standard InChI is InChI=1S/C39H33NO4/c1-27-21-23-31(24-22-27)37-35(32-19-11-12-20-33(32)40-37)34(30-17-9-4-10-18-30)36(38(41)43-25-28-13-5-2-6-14-28)39(42)44-26-29-15-7-3-8-16-29/h2-24,34,36,40H,25-26H2,1H3. The average Bonchev–Trinajstić information content (AvgIpc) is 3.45. The van der Waals surface area contributed by atoms with Gasteiger partial charge in [0.1, 0.15) is 13.2 Å². The second-order valence-corrected chi connectivity index (χ2v) is 10.9. The molecule has 0 bridgehead atoms. The number of hydrogen-bond donors (Lipinski definition) is 1. The van der Waals surface area contributed by atoms with Crippen LogP contribution in [0, 0.1) is 12.8 Å². The Labute approximate surface area is 257 Å². The van der Waals surface area contributed by atoms with Gasteiger partial charge in [-0.05, 0) is 40.8 Å². The molecule has 1 N–H and O–H groups in total. The van der Waals surface area contributed by atoms with Crippen molar-refractivity contribution in [1.82, 2.24) is 4.98 Å². The Morgan fingerprint density at radius 1 is 0.614 bits per heavy atom. The fourth-order valence-electron chi connectivity index (χ4n) is 5.63. The van der Waals surface area contributed by atoms with Crippen molar-refractivity contribution in [1.29, 1.82) is 0 Å². The average molecular weight is 580 g/mol. The minimum Gasteiger partial charge on any atom is -0.460 e. The Kier molecular flexibility index (Phi) is 8.65. The molecule has 218 valence electrons. The van der Waals surface area contributed by atoms with Crippen LogP contribution in [0.3, 0.4) is 0 Å². The van der Waals surface area contributed by atoms with E-state index in [1.54, 1.807) is 0 Å². The predicted octanol–water partition coefficient (Wildman–Crippen LogP) is 8.38.